The predicted molar refractivity (Wildman–Crippen MR) is 126 cm³/mol. The lowest BCUT2D eigenvalue weighted by atomic mass is 10.0. The number of nitrogens with zero attached hydrogens (tertiary/aromatic N) is 1. The molecule has 0 aromatic carbocycles. The van der Waals surface area contributed by atoms with Crippen LogP contribution >= 0.6 is 11.3 Å². The van der Waals surface area contributed by atoms with Crippen LogP contribution in [-0.4, -0.2) is 12.4 Å². The molecular formula is C24H37N3OS. The van der Waals surface area contributed by atoms with Crippen molar-refractivity contribution in [1.29, 1.82) is 0 Å². The molecule has 4 nitrogen and oxygen atoms in total. The summed E-state index contributed by atoms with van der Waals surface area (Å²) in [4.78, 5) is 7.58. The summed E-state index contributed by atoms with van der Waals surface area (Å²) in [6.07, 6.45) is 9.71. The third kappa shape index (κ3) is 6.58. The molecule has 0 saturated heterocycles. The Morgan fingerprint density at radius 1 is 1.38 bits per heavy atom. The van der Waals surface area contributed by atoms with Gasteiger partial charge in [-0.3, -0.25) is 4.99 Å². The van der Waals surface area contributed by atoms with Crippen molar-refractivity contribution in [3.05, 3.63) is 56.8 Å². The van der Waals surface area contributed by atoms with E-state index in [2.05, 4.69) is 32.2 Å². The summed E-state index contributed by atoms with van der Waals surface area (Å²) in [6.45, 7) is 11.8. The standard InChI is InChI=1S/C22H31N3OS.C2H6/c1-4-5-7-15(2)25-22(24-14-18-8-6-13-26-18)21-16(3)20(17-9-10-17)19(27-21)11-12-23;1-2/h6-8,13,17H,4-5,9-12,14,23H2,1-3H3,(H,24,25);1-2H3/b15-7+;. The second-order valence-electron chi connectivity index (χ2n) is 7.25. The molecule has 29 heavy (non-hydrogen) atoms. The number of aliphatic imine (C=N–C) groups is 1. The summed E-state index contributed by atoms with van der Waals surface area (Å²) < 4.78 is 5.47. The molecular weight excluding hydrogens is 378 g/mol. The molecule has 3 rings (SSSR count). The third-order valence-corrected chi connectivity index (χ3v) is 6.24. The van der Waals surface area contributed by atoms with E-state index in [1.165, 1.54) is 33.7 Å². The molecule has 1 saturated carbocycles. The lowest BCUT2D eigenvalue weighted by Gasteiger charge is -2.11. The Balaban J connectivity index is 0.00000145. The predicted octanol–water partition coefficient (Wildman–Crippen LogP) is 6.29. The van der Waals surface area contributed by atoms with Crippen molar-refractivity contribution in [3.63, 3.8) is 0 Å². The van der Waals surface area contributed by atoms with Gasteiger partial charge < -0.3 is 15.5 Å². The molecule has 1 aliphatic carbocycles. The van der Waals surface area contributed by atoms with Gasteiger partial charge >= 0.3 is 0 Å². The van der Waals surface area contributed by atoms with Gasteiger partial charge in [0.05, 0.1) is 17.7 Å². The fourth-order valence-electron chi connectivity index (χ4n) is 3.36. The van der Waals surface area contributed by atoms with Crippen molar-refractivity contribution >= 4 is 17.2 Å². The molecule has 3 N–H and O–H groups in total. The van der Waals surface area contributed by atoms with Crippen LogP contribution in [0.5, 0.6) is 0 Å². The summed E-state index contributed by atoms with van der Waals surface area (Å²) in [7, 11) is 0. The molecule has 0 radical (unpaired) electrons. The van der Waals surface area contributed by atoms with E-state index in [0.29, 0.717) is 13.1 Å². The average Bonchev–Trinajstić information content (AvgIpc) is 3.31. The smallest absolute Gasteiger partial charge is 0.143 e. The molecule has 5 heteroatoms. The molecule has 160 valence electrons. The maximum atomic E-state index is 5.88. The first-order valence-electron chi connectivity index (χ1n) is 11.0. The summed E-state index contributed by atoms with van der Waals surface area (Å²) in [6, 6.07) is 3.88. The van der Waals surface area contributed by atoms with Crippen molar-refractivity contribution < 1.29 is 4.42 Å². The van der Waals surface area contributed by atoms with Gasteiger partial charge in [0.25, 0.3) is 0 Å². The zero-order chi connectivity index (χ0) is 21.2. The van der Waals surface area contributed by atoms with Crippen LogP contribution in [0.1, 0.15) is 85.9 Å². The van der Waals surface area contributed by atoms with Crippen molar-refractivity contribution in [2.75, 3.05) is 6.54 Å². The molecule has 0 amide bonds. The lowest BCUT2D eigenvalue weighted by molar-refractivity contribution is 0.512. The van der Waals surface area contributed by atoms with Crippen molar-refractivity contribution in [3.8, 4) is 0 Å². The highest BCUT2D eigenvalue weighted by Gasteiger charge is 2.31. The number of hydrogen-bond acceptors (Lipinski definition) is 4. The SMILES string of the molecule is CC.CCC/C=C(\C)NC(=NCc1ccco1)c1sc(CCN)c(C2CC2)c1C. The average molecular weight is 416 g/mol. The highest BCUT2D eigenvalue weighted by Crippen LogP contribution is 2.47. The van der Waals surface area contributed by atoms with Gasteiger partial charge in [0.15, 0.2) is 0 Å². The highest BCUT2D eigenvalue weighted by atomic mass is 32.1. The number of unbranched alkanes of at least 4 members (excludes halogenated alkanes) is 1. The van der Waals surface area contributed by atoms with Crippen LogP contribution in [0.25, 0.3) is 0 Å². The van der Waals surface area contributed by atoms with E-state index in [0.717, 1.165) is 42.5 Å². The first kappa shape index (κ1) is 23.4. The van der Waals surface area contributed by atoms with Gasteiger partial charge in [0.2, 0.25) is 0 Å². The van der Waals surface area contributed by atoms with Crippen LogP contribution in [-0.2, 0) is 13.0 Å². The van der Waals surface area contributed by atoms with Crippen LogP contribution in [0.15, 0.2) is 39.6 Å². The number of hydrogen-bond donors (Lipinski definition) is 2. The fraction of sp³-hybridized carbons (Fsp3) is 0.542. The van der Waals surface area contributed by atoms with E-state index in [9.17, 15) is 0 Å². The minimum Gasteiger partial charge on any atom is -0.467 e. The molecule has 1 fully saturated rings. The van der Waals surface area contributed by atoms with E-state index in [-0.39, 0.29) is 0 Å². The Bertz CT molecular complexity index is 798. The minimum atomic E-state index is 0.540. The Hall–Kier alpha value is -1.85. The Morgan fingerprint density at radius 2 is 2.14 bits per heavy atom. The van der Waals surface area contributed by atoms with Gasteiger partial charge in [-0.05, 0) is 75.3 Å². The quantitative estimate of drug-likeness (QED) is 0.373. The molecule has 0 atom stereocenters. The number of allylic oxidation sites excluding steroid dienone is 2. The molecule has 0 unspecified atom stereocenters. The maximum Gasteiger partial charge on any atom is 0.143 e. The Labute approximate surface area is 180 Å². The lowest BCUT2D eigenvalue weighted by Crippen LogP contribution is -2.23. The normalized spacial score (nSPS) is 14.6. The van der Waals surface area contributed by atoms with Crippen LogP contribution in [0, 0.1) is 6.92 Å². The largest absolute Gasteiger partial charge is 0.467 e. The van der Waals surface area contributed by atoms with Crippen molar-refractivity contribution in [2.24, 2.45) is 10.7 Å². The zero-order valence-corrected chi connectivity index (χ0v) is 19.5. The van der Waals surface area contributed by atoms with E-state index >= 15 is 0 Å². The molecule has 0 aliphatic heterocycles. The molecule has 2 aromatic rings. The van der Waals surface area contributed by atoms with Crippen LogP contribution in [0.3, 0.4) is 0 Å². The fourth-order valence-corrected chi connectivity index (χ4v) is 4.73. The Kier molecular flexibility index (Phi) is 9.68. The molecule has 1 aliphatic rings. The number of nitrogens with one attached hydrogen (secondary N) is 1. The summed E-state index contributed by atoms with van der Waals surface area (Å²) in [5.41, 5.74) is 9.94. The summed E-state index contributed by atoms with van der Waals surface area (Å²) in [5, 5.41) is 3.56. The van der Waals surface area contributed by atoms with Crippen molar-refractivity contribution in [1.82, 2.24) is 5.32 Å². The van der Waals surface area contributed by atoms with Gasteiger partial charge in [-0.25, -0.2) is 0 Å². The second kappa shape index (κ2) is 12.0. The minimum absolute atomic E-state index is 0.540. The molecule has 2 aromatic heterocycles. The topological polar surface area (TPSA) is 63.5 Å². The monoisotopic (exact) mass is 415 g/mol. The van der Waals surface area contributed by atoms with Gasteiger partial charge in [0, 0.05) is 10.6 Å². The first-order valence-corrected chi connectivity index (χ1v) is 11.8. The number of furan rings is 1. The van der Waals surface area contributed by atoms with Crippen LogP contribution < -0.4 is 11.1 Å². The number of amidine groups is 1. The van der Waals surface area contributed by atoms with E-state index in [1.54, 1.807) is 6.26 Å². The number of rotatable bonds is 9. The molecule has 2 heterocycles. The van der Waals surface area contributed by atoms with Gasteiger partial charge in [-0.2, -0.15) is 0 Å². The van der Waals surface area contributed by atoms with Gasteiger partial charge in [0.1, 0.15) is 11.6 Å². The summed E-state index contributed by atoms with van der Waals surface area (Å²) in [5.74, 6) is 2.55. The first-order chi connectivity index (χ1) is 14.1. The zero-order valence-electron chi connectivity index (χ0n) is 18.7. The van der Waals surface area contributed by atoms with Crippen LogP contribution in [0.4, 0.5) is 0 Å². The van der Waals surface area contributed by atoms with Gasteiger partial charge in [-0.15, -0.1) is 11.3 Å². The van der Waals surface area contributed by atoms with E-state index < -0.39 is 0 Å². The van der Waals surface area contributed by atoms with Gasteiger partial charge in [-0.1, -0.05) is 33.3 Å². The van der Waals surface area contributed by atoms with Crippen LogP contribution in [0.2, 0.25) is 0 Å². The number of thiophene rings is 1. The number of nitrogens with two attached hydrogens (primary N) is 1. The maximum absolute atomic E-state index is 5.88. The Morgan fingerprint density at radius 3 is 2.72 bits per heavy atom. The highest BCUT2D eigenvalue weighted by molar-refractivity contribution is 7.14. The van der Waals surface area contributed by atoms with E-state index in [1.807, 2.05) is 37.3 Å². The molecule has 0 spiro atoms. The third-order valence-electron chi connectivity index (χ3n) is 4.87. The summed E-state index contributed by atoms with van der Waals surface area (Å²) >= 11 is 1.86. The van der Waals surface area contributed by atoms with E-state index in [4.69, 9.17) is 15.1 Å². The molecule has 0 bridgehead atoms. The van der Waals surface area contributed by atoms with Crippen molar-refractivity contribution in [2.45, 2.75) is 79.2 Å². The second-order valence-corrected chi connectivity index (χ2v) is 8.36.